The second-order valence-electron chi connectivity index (χ2n) is 4.40. The van der Waals surface area contributed by atoms with Gasteiger partial charge in [-0.25, -0.2) is 0 Å². The summed E-state index contributed by atoms with van der Waals surface area (Å²) in [4.78, 5) is 0. The fourth-order valence-electron chi connectivity index (χ4n) is 2.63. The molecule has 1 rings (SSSR count). The third-order valence-electron chi connectivity index (χ3n) is 3.57. The van der Waals surface area contributed by atoms with Crippen LogP contribution in [-0.2, 0) is 4.74 Å². The summed E-state index contributed by atoms with van der Waals surface area (Å²) < 4.78 is 5.84. The van der Waals surface area contributed by atoms with Gasteiger partial charge in [-0.15, -0.1) is 6.58 Å². The average Bonchev–Trinajstić information content (AvgIpc) is 2.39. The van der Waals surface area contributed by atoms with Gasteiger partial charge in [0, 0.05) is 12.0 Å². The van der Waals surface area contributed by atoms with E-state index in [9.17, 15) is 0 Å². The highest BCUT2D eigenvalue weighted by molar-refractivity contribution is 4.93. The highest BCUT2D eigenvalue weighted by atomic mass is 16.5. The van der Waals surface area contributed by atoms with E-state index in [4.69, 9.17) is 4.74 Å². The molecule has 1 saturated heterocycles. The van der Waals surface area contributed by atoms with Crippen LogP contribution in [-0.4, -0.2) is 25.3 Å². The zero-order chi connectivity index (χ0) is 10.7. The minimum absolute atomic E-state index is 0.359. The Morgan fingerprint density at radius 3 is 2.36 bits per heavy atom. The van der Waals surface area contributed by atoms with Gasteiger partial charge in [0.2, 0.25) is 0 Å². The highest BCUT2D eigenvalue weighted by Crippen LogP contribution is 2.35. The van der Waals surface area contributed by atoms with E-state index in [0.29, 0.717) is 30.1 Å². The smallest absolute Gasteiger partial charge is 0.0597 e. The summed E-state index contributed by atoms with van der Waals surface area (Å²) in [6, 6.07) is 0.502. The van der Waals surface area contributed by atoms with Crippen LogP contribution >= 0.6 is 0 Å². The third-order valence-corrected chi connectivity index (χ3v) is 3.57. The van der Waals surface area contributed by atoms with Crippen molar-refractivity contribution >= 4 is 0 Å². The van der Waals surface area contributed by atoms with Gasteiger partial charge < -0.3 is 10.1 Å². The van der Waals surface area contributed by atoms with E-state index in [-0.39, 0.29) is 0 Å². The van der Waals surface area contributed by atoms with Crippen LogP contribution in [0.2, 0.25) is 0 Å². The second-order valence-corrected chi connectivity index (χ2v) is 4.40. The highest BCUT2D eigenvalue weighted by Gasteiger charge is 2.40. The van der Waals surface area contributed by atoms with Crippen LogP contribution in [0, 0.1) is 11.8 Å². The fourth-order valence-corrected chi connectivity index (χ4v) is 2.63. The molecule has 0 aromatic heterocycles. The normalized spacial score (nSPS) is 39.7. The van der Waals surface area contributed by atoms with Gasteiger partial charge in [0.15, 0.2) is 0 Å². The van der Waals surface area contributed by atoms with Crippen LogP contribution in [0.15, 0.2) is 12.7 Å². The molecule has 2 heteroatoms. The van der Waals surface area contributed by atoms with E-state index in [1.165, 1.54) is 0 Å². The fraction of sp³-hybridized carbons (Fsp3) is 0.833. The molecular weight excluding hydrogens is 174 g/mol. The predicted molar refractivity (Wildman–Crippen MR) is 60.3 cm³/mol. The third kappa shape index (κ3) is 2.18. The molecule has 1 aliphatic heterocycles. The molecule has 82 valence electrons. The number of ether oxygens (including phenoxy) is 1. The lowest BCUT2D eigenvalue weighted by Crippen LogP contribution is -2.39. The summed E-state index contributed by atoms with van der Waals surface area (Å²) in [5, 5.41) is 3.38. The topological polar surface area (TPSA) is 21.3 Å². The molecule has 1 heterocycles. The maximum absolute atomic E-state index is 5.84. The molecule has 5 atom stereocenters. The lowest BCUT2D eigenvalue weighted by Gasteiger charge is -2.27. The van der Waals surface area contributed by atoms with Crippen molar-refractivity contribution in [2.45, 2.75) is 45.4 Å². The number of hydrogen-bond donors (Lipinski definition) is 1. The maximum atomic E-state index is 5.84. The number of rotatable bonds is 4. The Labute approximate surface area is 87.7 Å². The average molecular weight is 197 g/mol. The Kier molecular flexibility index (Phi) is 4.14. The van der Waals surface area contributed by atoms with Crippen LogP contribution in [0.4, 0.5) is 0 Å². The van der Waals surface area contributed by atoms with Gasteiger partial charge in [0.25, 0.3) is 0 Å². The Morgan fingerprint density at radius 1 is 1.36 bits per heavy atom. The van der Waals surface area contributed by atoms with Crippen LogP contribution in [0.25, 0.3) is 0 Å². The van der Waals surface area contributed by atoms with Crippen LogP contribution in [0.5, 0.6) is 0 Å². The maximum Gasteiger partial charge on any atom is 0.0597 e. The molecule has 2 nitrogen and oxygen atoms in total. The molecule has 0 bridgehead atoms. The van der Waals surface area contributed by atoms with Gasteiger partial charge in [-0.1, -0.05) is 13.0 Å². The van der Waals surface area contributed by atoms with Gasteiger partial charge in [0.05, 0.1) is 12.2 Å². The van der Waals surface area contributed by atoms with Gasteiger partial charge in [-0.05, 0) is 33.2 Å². The molecule has 0 aromatic rings. The largest absolute Gasteiger partial charge is 0.375 e. The van der Waals surface area contributed by atoms with Crippen LogP contribution < -0.4 is 5.32 Å². The van der Waals surface area contributed by atoms with Gasteiger partial charge in [0.1, 0.15) is 0 Å². The summed E-state index contributed by atoms with van der Waals surface area (Å²) in [5.74, 6) is 1.23. The summed E-state index contributed by atoms with van der Waals surface area (Å²) in [5.41, 5.74) is 0. The number of nitrogens with one attached hydrogen (secondary N) is 1. The summed E-state index contributed by atoms with van der Waals surface area (Å²) in [6.07, 6.45) is 3.75. The van der Waals surface area contributed by atoms with E-state index in [1.807, 2.05) is 13.1 Å². The SMILES string of the molecule is C=CCC(NC)C1C(C)OC(C)C1C. The lowest BCUT2D eigenvalue weighted by molar-refractivity contribution is 0.0480. The Balaban J connectivity index is 2.68. The first-order valence-electron chi connectivity index (χ1n) is 5.55. The zero-order valence-electron chi connectivity index (χ0n) is 9.79. The monoisotopic (exact) mass is 197 g/mol. The van der Waals surface area contributed by atoms with Crippen molar-refractivity contribution in [2.24, 2.45) is 11.8 Å². The Bertz CT molecular complexity index is 193. The molecule has 1 aliphatic rings. The van der Waals surface area contributed by atoms with Crippen molar-refractivity contribution in [1.82, 2.24) is 5.32 Å². The first-order chi connectivity index (χ1) is 6.61. The minimum Gasteiger partial charge on any atom is -0.375 e. The number of hydrogen-bond acceptors (Lipinski definition) is 2. The van der Waals surface area contributed by atoms with Crippen molar-refractivity contribution < 1.29 is 4.74 Å². The predicted octanol–water partition coefficient (Wildman–Crippen LogP) is 2.21. The standard InChI is InChI=1S/C12H23NO/c1-6-7-11(13-5)12-8(2)9(3)14-10(12)4/h6,8-13H,1,7H2,2-5H3. The molecule has 5 unspecified atom stereocenters. The minimum atomic E-state index is 0.359. The van der Waals surface area contributed by atoms with E-state index in [2.05, 4.69) is 32.7 Å². The summed E-state index contributed by atoms with van der Waals surface area (Å²) in [6.45, 7) is 10.4. The Morgan fingerprint density at radius 2 is 2.00 bits per heavy atom. The molecule has 0 saturated carbocycles. The quantitative estimate of drug-likeness (QED) is 0.698. The van der Waals surface area contributed by atoms with Crippen molar-refractivity contribution in [2.75, 3.05) is 7.05 Å². The Hall–Kier alpha value is -0.340. The first kappa shape index (κ1) is 11.7. The molecule has 0 aromatic carbocycles. The summed E-state index contributed by atoms with van der Waals surface area (Å²) >= 11 is 0. The lowest BCUT2D eigenvalue weighted by atomic mass is 9.82. The van der Waals surface area contributed by atoms with E-state index in [0.717, 1.165) is 6.42 Å². The van der Waals surface area contributed by atoms with Gasteiger partial charge >= 0.3 is 0 Å². The van der Waals surface area contributed by atoms with E-state index in [1.54, 1.807) is 0 Å². The molecule has 14 heavy (non-hydrogen) atoms. The molecule has 1 N–H and O–H groups in total. The molecule has 0 amide bonds. The molecular formula is C12H23NO. The van der Waals surface area contributed by atoms with Crippen LogP contribution in [0.3, 0.4) is 0 Å². The van der Waals surface area contributed by atoms with Crippen molar-refractivity contribution in [3.05, 3.63) is 12.7 Å². The van der Waals surface area contributed by atoms with Crippen molar-refractivity contribution in [1.29, 1.82) is 0 Å². The summed E-state index contributed by atoms with van der Waals surface area (Å²) in [7, 11) is 2.02. The molecule has 1 fully saturated rings. The second kappa shape index (κ2) is 4.94. The van der Waals surface area contributed by atoms with Crippen LogP contribution in [0.1, 0.15) is 27.2 Å². The molecule has 0 radical (unpaired) electrons. The van der Waals surface area contributed by atoms with Crippen molar-refractivity contribution in [3.8, 4) is 0 Å². The zero-order valence-corrected chi connectivity index (χ0v) is 9.79. The van der Waals surface area contributed by atoms with Crippen molar-refractivity contribution in [3.63, 3.8) is 0 Å². The first-order valence-corrected chi connectivity index (χ1v) is 5.55. The van der Waals surface area contributed by atoms with Gasteiger partial charge in [-0.3, -0.25) is 0 Å². The van der Waals surface area contributed by atoms with E-state index < -0.39 is 0 Å². The molecule has 0 spiro atoms. The van der Waals surface area contributed by atoms with Gasteiger partial charge in [-0.2, -0.15) is 0 Å². The van der Waals surface area contributed by atoms with E-state index >= 15 is 0 Å². The molecule has 0 aliphatic carbocycles.